The summed E-state index contributed by atoms with van der Waals surface area (Å²) in [5.74, 6) is 1.50. The number of benzene rings is 1. The highest BCUT2D eigenvalue weighted by atomic mass is 16.6. The van der Waals surface area contributed by atoms with Crippen molar-refractivity contribution >= 4 is 23.6 Å². The Hall–Kier alpha value is -3.10. The fourth-order valence-corrected chi connectivity index (χ4v) is 4.78. The number of aromatic nitrogens is 3. The van der Waals surface area contributed by atoms with Crippen LogP contribution in [0.25, 0.3) is 0 Å². The van der Waals surface area contributed by atoms with E-state index in [0.717, 1.165) is 57.5 Å². The van der Waals surface area contributed by atoms with Crippen molar-refractivity contribution in [2.24, 2.45) is 11.8 Å². The lowest BCUT2D eigenvalue weighted by Crippen LogP contribution is -2.44. The summed E-state index contributed by atoms with van der Waals surface area (Å²) in [5.41, 5.74) is 1.28. The van der Waals surface area contributed by atoms with Crippen molar-refractivity contribution in [3.8, 4) is 0 Å². The van der Waals surface area contributed by atoms with E-state index in [4.69, 9.17) is 4.74 Å². The number of carbonyl (C=O) groups excluding carboxylic acids is 2. The molecule has 2 aliphatic heterocycles. The maximum Gasteiger partial charge on any atom is 0.410 e. The molecule has 2 aromatic rings. The number of anilines is 2. The summed E-state index contributed by atoms with van der Waals surface area (Å²) in [7, 11) is 0. The van der Waals surface area contributed by atoms with Gasteiger partial charge in [-0.1, -0.05) is 0 Å². The van der Waals surface area contributed by atoms with Crippen molar-refractivity contribution in [3.63, 3.8) is 0 Å². The summed E-state index contributed by atoms with van der Waals surface area (Å²) in [6.07, 6.45) is 5.59. The van der Waals surface area contributed by atoms with Crippen LogP contribution >= 0.6 is 0 Å². The van der Waals surface area contributed by atoms with Gasteiger partial charge in [-0.15, -0.1) is 0 Å². The number of hydrogen-bond donors (Lipinski definition) is 2. The van der Waals surface area contributed by atoms with Gasteiger partial charge in [0.2, 0.25) is 5.95 Å². The SMILES string of the molecule is CC(C)(C)OC(=O)N1CCC(C2CCN(c3ccc(C(=O)Nc4ncn[nH]4)cc3)CC2)CC1. The number of likely N-dealkylation sites (tertiary alicyclic amines) is 1. The van der Waals surface area contributed by atoms with E-state index >= 15 is 0 Å². The van der Waals surface area contributed by atoms with Gasteiger partial charge >= 0.3 is 6.09 Å². The van der Waals surface area contributed by atoms with Crippen molar-refractivity contribution < 1.29 is 14.3 Å². The maximum atomic E-state index is 12.3. The van der Waals surface area contributed by atoms with Crippen LogP contribution in [0.2, 0.25) is 0 Å². The second kappa shape index (κ2) is 9.80. The minimum Gasteiger partial charge on any atom is -0.444 e. The molecule has 9 heteroatoms. The van der Waals surface area contributed by atoms with Crippen molar-refractivity contribution in [1.29, 1.82) is 0 Å². The largest absolute Gasteiger partial charge is 0.444 e. The van der Waals surface area contributed by atoms with E-state index in [9.17, 15) is 9.59 Å². The summed E-state index contributed by atoms with van der Waals surface area (Å²) in [6.45, 7) is 9.33. The summed E-state index contributed by atoms with van der Waals surface area (Å²) in [4.78, 5) is 32.8. The van der Waals surface area contributed by atoms with Crippen LogP contribution in [-0.4, -0.2) is 63.9 Å². The first-order chi connectivity index (χ1) is 15.8. The van der Waals surface area contributed by atoms with Gasteiger partial charge in [-0.3, -0.25) is 10.1 Å². The molecule has 0 spiro atoms. The molecule has 1 aromatic carbocycles. The molecular formula is C24H34N6O3. The molecule has 0 radical (unpaired) electrons. The molecule has 0 unspecified atom stereocenters. The quantitative estimate of drug-likeness (QED) is 0.726. The van der Waals surface area contributed by atoms with E-state index in [2.05, 4.69) is 25.4 Å². The zero-order chi connectivity index (χ0) is 23.4. The number of nitrogens with one attached hydrogen (secondary N) is 2. The number of rotatable bonds is 4. The minimum absolute atomic E-state index is 0.186. The Balaban J connectivity index is 1.23. The number of carbonyl (C=O) groups is 2. The van der Waals surface area contributed by atoms with E-state index in [1.54, 1.807) is 0 Å². The van der Waals surface area contributed by atoms with Gasteiger partial charge < -0.3 is 14.5 Å². The second-order valence-electron chi connectivity index (χ2n) is 9.96. The van der Waals surface area contributed by atoms with Crippen LogP contribution in [0.3, 0.4) is 0 Å². The number of hydrogen-bond acceptors (Lipinski definition) is 6. The molecule has 0 aliphatic carbocycles. The van der Waals surface area contributed by atoms with Crippen LogP contribution in [0.5, 0.6) is 0 Å². The van der Waals surface area contributed by atoms with Gasteiger partial charge in [0.05, 0.1) is 0 Å². The summed E-state index contributed by atoms with van der Waals surface area (Å²) >= 11 is 0. The summed E-state index contributed by atoms with van der Waals surface area (Å²) < 4.78 is 5.52. The van der Waals surface area contributed by atoms with E-state index in [1.807, 2.05) is 49.9 Å². The van der Waals surface area contributed by atoms with Crippen molar-refractivity contribution in [2.75, 3.05) is 36.4 Å². The number of nitrogens with zero attached hydrogens (tertiary/aromatic N) is 4. The summed E-state index contributed by atoms with van der Waals surface area (Å²) in [6, 6.07) is 7.71. The van der Waals surface area contributed by atoms with Crippen molar-refractivity contribution in [2.45, 2.75) is 52.1 Å². The molecule has 2 amide bonds. The first-order valence-corrected chi connectivity index (χ1v) is 11.8. The Morgan fingerprint density at radius 2 is 1.61 bits per heavy atom. The predicted octanol–water partition coefficient (Wildman–Crippen LogP) is 3.92. The van der Waals surface area contributed by atoms with E-state index < -0.39 is 5.60 Å². The van der Waals surface area contributed by atoms with Crippen LogP contribution < -0.4 is 10.2 Å². The number of aromatic amines is 1. The summed E-state index contributed by atoms with van der Waals surface area (Å²) in [5, 5.41) is 9.04. The Labute approximate surface area is 194 Å². The van der Waals surface area contributed by atoms with E-state index in [0.29, 0.717) is 23.3 Å². The normalized spacial score (nSPS) is 18.3. The lowest BCUT2D eigenvalue weighted by atomic mass is 9.79. The van der Waals surface area contributed by atoms with Gasteiger partial charge in [0.15, 0.2) is 0 Å². The molecular weight excluding hydrogens is 420 g/mol. The molecule has 4 rings (SSSR count). The maximum absolute atomic E-state index is 12.3. The zero-order valence-electron chi connectivity index (χ0n) is 19.7. The predicted molar refractivity (Wildman–Crippen MR) is 126 cm³/mol. The first-order valence-electron chi connectivity index (χ1n) is 11.8. The number of amides is 2. The molecule has 0 atom stereocenters. The van der Waals surface area contributed by atoms with Gasteiger partial charge in [-0.05, 0) is 82.6 Å². The van der Waals surface area contributed by atoms with Crippen LogP contribution in [-0.2, 0) is 4.74 Å². The first kappa shape index (κ1) is 23.1. The highest BCUT2D eigenvalue weighted by molar-refractivity contribution is 6.03. The van der Waals surface area contributed by atoms with E-state index in [1.165, 1.54) is 6.33 Å². The Morgan fingerprint density at radius 3 is 2.15 bits per heavy atom. The third-order valence-electron chi connectivity index (χ3n) is 6.54. The molecule has 33 heavy (non-hydrogen) atoms. The minimum atomic E-state index is -0.445. The third-order valence-corrected chi connectivity index (χ3v) is 6.54. The van der Waals surface area contributed by atoms with Crippen LogP contribution in [0, 0.1) is 11.8 Å². The standard InChI is InChI=1S/C24H34N6O3/c1-24(2,3)33-23(32)30-14-10-18(11-15-30)17-8-12-29(13-9-17)20-6-4-19(5-7-20)21(31)27-22-25-16-26-28-22/h4-7,16-18H,8-15H2,1-3H3,(H2,25,26,27,28,31). The van der Waals surface area contributed by atoms with Gasteiger partial charge in [-0.2, -0.15) is 10.1 Å². The van der Waals surface area contributed by atoms with Gasteiger partial charge in [0.1, 0.15) is 11.9 Å². The molecule has 2 aliphatic rings. The smallest absolute Gasteiger partial charge is 0.410 e. The highest BCUT2D eigenvalue weighted by Crippen LogP contribution is 2.34. The van der Waals surface area contributed by atoms with Crippen LogP contribution in [0.15, 0.2) is 30.6 Å². The molecule has 9 nitrogen and oxygen atoms in total. The molecule has 2 N–H and O–H groups in total. The fraction of sp³-hybridized carbons (Fsp3) is 0.583. The number of H-pyrrole nitrogens is 1. The molecule has 2 fully saturated rings. The molecule has 0 bridgehead atoms. The Bertz CT molecular complexity index is 922. The van der Waals surface area contributed by atoms with Crippen molar-refractivity contribution in [3.05, 3.63) is 36.2 Å². The molecule has 1 aromatic heterocycles. The highest BCUT2D eigenvalue weighted by Gasteiger charge is 2.32. The molecule has 2 saturated heterocycles. The molecule has 3 heterocycles. The Morgan fingerprint density at radius 1 is 1.00 bits per heavy atom. The lowest BCUT2D eigenvalue weighted by Gasteiger charge is -2.41. The van der Waals surface area contributed by atoms with Crippen molar-refractivity contribution in [1.82, 2.24) is 20.1 Å². The van der Waals surface area contributed by atoms with Gasteiger partial charge in [0, 0.05) is 37.4 Å². The topological polar surface area (TPSA) is 103 Å². The average Bonchev–Trinajstić information content (AvgIpc) is 3.31. The monoisotopic (exact) mass is 454 g/mol. The van der Waals surface area contributed by atoms with Crippen LogP contribution in [0.1, 0.15) is 56.8 Å². The molecule has 178 valence electrons. The second-order valence-corrected chi connectivity index (χ2v) is 9.96. The zero-order valence-corrected chi connectivity index (χ0v) is 19.7. The average molecular weight is 455 g/mol. The van der Waals surface area contributed by atoms with E-state index in [-0.39, 0.29) is 12.0 Å². The molecule has 0 saturated carbocycles. The number of ether oxygens (including phenoxy) is 1. The third kappa shape index (κ3) is 6.03. The lowest BCUT2D eigenvalue weighted by molar-refractivity contribution is 0.0152. The van der Waals surface area contributed by atoms with Gasteiger partial charge in [0.25, 0.3) is 5.91 Å². The Kier molecular flexibility index (Phi) is 6.85. The fourth-order valence-electron chi connectivity index (χ4n) is 4.78. The van der Waals surface area contributed by atoms with Crippen LogP contribution in [0.4, 0.5) is 16.4 Å². The number of piperidine rings is 2. The van der Waals surface area contributed by atoms with Gasteiger partial charge in [-0.25, -0.2) is 9.89 Å².